The minimum Gasteiger partial charge on any atom is -0.465 e. The molecule has 8 heterocycles. The first-order chi connectivity index (χ1) is 25.8. The Labute approximate surface area is 300 Å². The highest BCUT2D eigenvalue weighted by molar-refractivity contribution is 6.43. The number of hydrogen-bond acceptors (Lipinski definition) is 8. The summed E-state index contributed by atoms with van der Waals surface area (Å²) in [5, 5.41) is 1.42. The van der Waals surface area contributed by atoms with Crippen molar-refractivity contribution in [3.8, 4) is 0 Å². The summed E-state index contributed by atoms with van der Waals surface area (Å²) in [7, 11) is 5.41. The molecule has 0 fully saturated rings. The largest absolute Gasteiger partial charge is 0.553 e. The maximum absolute atomic E-state index is 13.9. The van der Waals surface area contributed by atoms with E-state index in [1.807, 2.05) is 72.8 Å². The number of methoxy groups -OCH3 is 4. The van der Waals surface area contributed by atoms with Crippen LogP contribution in [0.15, 0.2) is 108 Å². The molecule has 6 aliphatic rings. The summed E-state index contributed by atoms with van der Waals surface area (Å²) in [6.07, 6.45) is 7.83. The maximum Gasteiger partial charge on any atom is 0.553 e. The van der Waals surface area contributed by atoms with Crippen molar-refractivity contribution < 1.29 is 47.3 Å². The van der Waals surface area contributed by atoms with Crippen LogP contribution < -0.4 is 10.7 Å². The van der Waals surface area contributed by atoms with Crippen molar-refractivity contribution in [2.24, 2.45) is 0 Å². The zero-order valence-electron chi connectivity index (χ0n) is 28.8. The van der Waals surface area contributed by atoms with Gasteiger partial charge in [-0.25, -0.2) is 19.2 Å². The molecular weight excluding hydrogens is 676 g/mol. The standard InChI is InChI=1S/C41H28N4O8/c1-50-37(46)23-9-5-21(6-10-23)33-25-13-17-29-35(39(48)52-3)31-19-15-27-34(22-7-11-24(12-8-22)38(47)51-2)28-16-20-32-36(40(49)53-4)30-18-14-26(33)43(30)41(42(25)29,44(27)31)45(28)32/h5-20H,1-4H3/q+2. The van der Waals surface area contributed by atoms with Gasteiger partial charge in [-0.2, -0.15) is 9.13 Å². The highest BCUT2D eigenvalue weighted by Crippen LogP contribution is 2.51. The number of carbonyl (C=O) groups excluding carboxylic acids is 4. The van der Waals surface area contributed by atoms with E-state index in [1.54, 1.807) is 24.3 Å². The molecule has 2 aromatic heterocycles. The summed E-state index contributed by atoms with van der Waals surface area (Å²) >= 11 is 0. The summed E-state index contributed by atoms with van der Waals surface area (Å²) in [6, 6.07) is 22.2. The van der Waals surface area contributed by atoms with Gasteiger partial charge in [-0.15, -0.1) is 0 Å². The number of aromatic nitrogens is 2. The number of hydrogen-bond donors (Lipinski definition) is 0. The van der Waals surface area contributed by atoms with E-state index in [0.717, 1.165) is 44.7 Å². The first kappa shape index (κ1) is 30.7. The van der Waals surface area contributed by atoms with E-state index < -0.39 is 29.8 Å². The van der Waals surface area contributed by atoms with Crippen LogP contribution in [-0.4, -0.2) is 82.0 Å². The lowest BCUT2D eigenvalue weighted by Gasteiger charge is -2.40. The number of nitrogens with zero attached hydrogens (tertiary/aromatic N) is 4. The maximum atomic E-state index is 13.9. The molecule has 0 aliphatic carbocycles. The molecule has 0 amide bonds. The van der Waals surface area contributed by atoms with Gasteiger partial charge in [0.2, 0.25) is 22.8 Å². The Balaban J connectivity index is 1.38. The number of ether oxygens (including phenoxy) is 4. The van der Waals surface area contributed by atoms with Crippen molar-refractivity contribution in [3.63, 3.8) is 0 Å². The minimum absolute atomic E-state index is 0.369. The van der Waals surface area contributed by atoms with Gasteiger partial charge in [-0.05, 0) is 59.7 Å². The summed E-state index contributed by atoms with van der Waals surface area (Å²) < 4.78 is 29.3. The van der Waals surface area contributed by atoms with Gasteiger partial charge >= 0.3 is 29.8 Å². The third-order valence-corrected chi connectivity index (χ3v) is 10.7. The number of benzene rings is 2. The van der Waals surface area contributed by atoms with Gasteiger partial charge in [0.05, 0.1) is 72.8 Å². The van der Waals surface area contributed by atoms with Crippen LogP contribution in [0.1, 0.15) is 43.2 Å². The molecule has 12 heteroatoms. The minimum atomic E-state index is -1.23. The van der Waals surface area contributed by atoms with E-state index in [-0.39, 0.29) is 0 Å². The topological polar surface area (TPSA) is 121 Å². The highest BCUT2D eigenvalue weighted by atomic mass is 16.5. The zero-order chi connectivity index (χ0) is 36.5. The average molecular weight is 705 g/mol. The van der Waals surface area contributed by atoms with Gasteiger partial charge in [0, 0.05) is 24.3 Å². The lowest BCUT2D eigenvalue weighted by molar-refractivity contribution is -0.834. The fraction of sp³-hybridized carbons (Fsp3) is 0.122. The Morgan fingerprint density at radius 1 is 0.491 bits per heavy atom. The number of esters is 4. The van der Waals surface area contributed by atoms with Gasteiger partial charge < -0.3 is 18.9 Å². The van der Waals surface area contributed by atoms with Crippen molar-refractivity contribution in [3.05, 3.63) is 153 Å². The molecule has 4 aromatic rings. The SMILES string of the molecule is COC(=O)C1=C2C=CC3=[N+]2C24n5c1ccc5C(c1ccc(C(=O)OC)cc1)=C1C=CC(=[N+]12)C(C(=O)OC)=c1ccc(n14)=C3c1ccc(C(=O)OC)cc1. The summed E-state index contributed by atoms with van der Waals surface area (Å²) in [5.74, 6) is -3.15. The van der Waals surface area contributed by atoms with Crippen LogP contribution in [0.2, 0.25) is 0 Å². The molecule has 0 radical (unpaired) electrons. The lowest BCUT2D eigenvalue weighted by atomic mass is 9.94. The van der Waals surface area contributed by atoms with E-state index in [2.05, 4.69) is 18.3 Å². The first-order valence-electron chi connectivity index (χ1n) is 16.7. The Morgan fingerprint density at radius 2 is 1.00 bits per heavy atom. The molecule has 1 unspecified atom stereocenters. The van der Waals surface area contributed by atoms with E-state index in [0.29, 0.717) is 44.7 Å². The fourth-order valence-electron chi connectivity index (χ4n) is 8.72. The summed E-state index contributed by atoms with van der Waals surface area (Å²) in [6.45, 7) is 0. The van der Waals surface area contributed by atoms with Crippen LogP contribution >= 0.6 is 0 Å². The Morgan fingerprint density at radius 3 is 1.62 bits per heavy atom. The zero-order valence-corrected chi connectivity index (χ0v) is 28.8. The summed E-state index contributed by atoms with van der Waals surface area (Å²) in [5.41, 5.74) is 9.05. The van der Waals surface area contributed by atoms with Gasteiger partial charge in [-0.3, -0.25) is 0 Å². The van der Waals surface area contributed by atoms with E-state index in [1.165, 1.54) is 28.4 Å². The highest BCUT2D eigenvalue weighted by Gasteiger charge is 2.73. The van der Waals surface area contributed by atoms with Crippen LogP contribution in [0.4, 0.5) is 0 Å². The predicted octanol–water partition coefficient (Wildman–Crippen LogP) is 2.25. The quantitative estimate of drug-likeness (QED) is 0.170. The molecule has 0 saturated carbocycles. The smallest absolute Gasteiger partial charge is 0.465 e. The second-order valence-electron chi connectivity index (χ2n) is 13.0. The Hall–Kier alpha value is -7.08. The molecule has 53 heavy (non-hydrogen) atoms. The molecule has 12 nitrogen and oxygen atoms in total. The molecule has 1 atom stereocenters. The van der Waals surface area contributed by atoms with Crippen LogP contribution in [0.3, 0.4) is 0 Å². The third-order valence-electron chi connectivity index (χ3n) is 10.7. The van der Waals surface area contributed by atoms with Crippen molar-refractivity contribution >= 4 is 57.6 Å². The molecule has 10 rings (SSSR count). The van der Waals surface area contributed by atoms with Crippen LogP contribution in [0, 0.1) is 0 Å². The molecular formula is C41H28N4O8+2. The van der Waals surface area contributed by atoms with Crippen LogP contribution in [0.5, 0.6) is 0 Å². The predicted molar refractivity (Wildman–Crippen MR) is 189 cm³/mol. The monoisotopic (exact) mass is 704 g/mol. The third kappa shape index (κ3) is 3.54. The second-order valence-corrected chi connectivity index (χ2v) is 13.0. The molecule has 0 saturated heterocycles. The van der Waals surface area contributed by atoms with Gasteiger partial charge in [0.15, 0.2) is 11.1 Å². The van der Waals surface area contributed by atoms with Crippen LogP contribution in [-0.2, 0) is 34.4 Å². The molecule has 0 N–H and O–H groups in total. The normalized spacial score (nSPS) is 19.2. The summed E-state index contributed by atoms with van der Waals surface area (Å²) in [4.78, 5) is 52.5. The van der Waals surface area contributed by atoms with E-state index in [9.17, 15) is 19.2 Å². The fourth-order valence-corrected chi connectivity index (χ4v) is 8.72. The van der Waals surface area contributed by atoms with Crippen molar-refractivity contribution in [2.75, 3.05) is 28.4 Å². The molecule has 1 spiro atoms. The first-order valence-corrected chi connectivity index (χ1v) is 16.7. The average Bonchev–Trinajstić information content (AvgIpc) is 4.02. The number of carbonyl (C=O) groups is 4. The number of rotatable bonds is 6. The van der Waals surface area contributed by atoms with Crippen molar-refractivity contribution in [1.82, 2.24) is 9.13 Å². The molecule has 0 bridgehead atoms. The van der Waals surface area contributed by atoms with E-state index in [4.69, 9.17) is 18.9 Å². The molecule has 2 aromatic carbocycles. The second kappa shape index (κ2) is 10.5. The van der Waals surface area contributed by atoms with Gasteiger partial charge in [-0.1, -0.05) is 33.4 Å². The van der Waals surface area contributed by atoms with Crippen molar-refractivity contribution in [2.45, 2.75) is 5.91 Å². The number of allylic oxidation sites excluding steroid dienone is 4. The van der Waals surface area contributed by atoms with Crippen LogP contribution in [0.25, 0.3) is 22.3 Å². The van der Waals surface area contributed by atoms with Gasteiger partial charge in [0.1, 0.15) is 0 Å². The Bertz CT molecular complexity index is 2820. The van der Waals surface area contributed by atoms with Crippen molar-refractivity contribution in [1.29, 1.82) is 0 Å². The van der Waals surface area contributed by atoms with E-state index >= 15 is 0 Å². The molecule has 258 valence electrons. The Kier molecular flexibility index (Phi) is 6.08. The van der Waals surface area contributed by atoms with Gasteiger partial charge in [0.25, 0.3) is 0 Å². The lowest BCUT2D eigenvalue weighted by Crippen LogP contribution is -2.71. The molecule has 6 aliphatic heterocycles.